The van der Waals surface area contributed by atoms with Crippen molar-refractivity contribution >= 4 is 10.0 Å². The van der Waals surface area contributed by atoms with Gasteiger partial charge in [-0.05, 0) is 38.5 Å². The number of rotatable bonds is 5. The van der Waals surface area contributed by atoms with Gasteiger partial charge in [0.25, 0.3) is 0 Å². The third kappa shape index (κ3) is 5.14. The molecule has 0 amide bonds. The second-order valence-corrected chi connectivity index (χ2v) is 7.01. The predicted octanol–water partition coefficient (Wildman–Crippen LogP) is 1.04. The van der Waals surface area contributed by atoms with E-state index in [1.165, 1.54) is 13.2 Å². The van der Waals surface area contributed by atoms with Crippen LogP contribution in [-0.4, -0.2) is 39.4 Å². The van der Waals surface area contributed by atoms with Crippen LogP contribution in [0.4, 0.5) is 0 Å². The van der Waals surface area contributed by atoms with Crippen molar-refractivity contribution in [1.29, 1.82) is 0 Å². The molecule has 0 saturated carbocycles. The molecular formula is C15H21NO4S. The fourth-order valence-electron chi connectivity index (χ4n) is 1.92. The van der Waals surface area contributed by atoms with Crippen LogP contribution in [0.3, 0.4) is 0 Å². The summed E-state index contributed by atoms with van der Waals surface area (Å²) in [7, 11) is -2.16. The third-order valence-corrected chi connectivity index (χ3v) is 4.55. The maximum absolute atomic E-state index is 12.5. The van der Waals surface area contributed by atoms with Gasteiger partial charge in [-0.3, -0.25) is 0 Å². The predicted molar refractivity (Wildman–Crippen MR) is 81.4 cm³/mol. The summed E-state index contributed by atoms with van der Waals surface area (Å²) in [6.45, 7) is 5.21. The topological polar surface area (TPSA) is 75.6 Å². The molecule has 0 aliphatic rings. The van der Waals surface area contributed by atoms with Crippen molar-refractivity contribution in [3.63, 3.8) is 0 Å². The molecular weight excluding hydrogens is 290 g/mol. The highest BCUT2D eigenvalue weighted by atomic mass is 32.2. The van der Waals surface area contributed by atoms with E-state index in [9.17, 15) is 8.42 Å². The lowest BCUT2D eigenvalue weighted by Gasteiger charge is -2.25. The lowest BCUT2D eigenvalue weighted by Crippen LogP contribution is -2.46. The Hall–Kier alpha value is -1.39. The highest BCUT2D eigenvalue weighted by Gasteiger charge is 2.27. The number of aliphatic hydroxyl groups excluding tert-OH is 1. The fraction of sp³-hybridized carbons (Fsp3) is 0.467. The van der Waals surface area contributed by atoms with E-state index in [0.717, 1.165) is 0 Å². The average molecular weight is 311 g/mol. The zero-order valence-corrected chi connectivity index (χ0v) is 13.5. The molecule has 0 unspecified atom stereocenters. The van der Waals surface area contributed by atoms with Gasteiger partial charge in [-0.15, -0.1) is 0 Å². The molecule has 1 aromatic carbocycles. The van der Waals surface area contributed by atoms with Crippen LogP contribution in [0.1, 0.15) is 25.0 Å². The van der Waals surface area contributed by atoms with Gasteiger partial charge in [-0.2, -0.15) is 0 Å². The molecule has 116 valence electrons. The van der Waals surface area contributed by atoms with Crippen molar-refractivity contribution in [1.82, 2.24) is 4.72 Å². The van der Waals surface area contributed by atoms with Crippen molar-refractivity contribution in [3.05, 3.63) is 29.3 Å². The van der Waals surface area contributed by atoms with Crippen LogP contribution < -0.4 is 4.72 Å². The maximum atomic E-state index is 12.5. The van der Waals surface area contributed by atoms with Crippen LogP contribution in [0.2, 0.25) is 0 Å². The first-order valence-corrected chi connectivity index (χ1v) is 7.93. The number of methoxy groups -OCH3 is 1. The van der Waals surface area contributed by atoms with Gasteiger partial charge in [0, 0.05) is 12.7 Å². The molecule has 0 fully saturated rings. The standard InChI is InChI=1S/C15H21NO4S/c1-12-7-8-13(6-5-9-17)10-14(12)21(18,19)16-15(2,3)11-20-4/h7-8,10,16-17H,9,11H2,1-4H3. The molecule has 0 atom stereocenters. The monoisotopic (exact) mass is 311 g/mol. The minimum atomic E-state index is -3.68. The molecule has 0 bridgehead atoms. The summed E-state index contributed by atoms with van der Waals surface area (Å²) in [5.74, 6) is 5.21. The molecule has 2 N–H and O–H groups in total. The minimum absolute atomic E-state index is 0.177. The quantitative estimate of drug-likeness (QED) is 0.797. The van der Waals surface area contributed by atoms with E-state index in [1.54, 1.807) is 32.9 Å². The Morgan fingerprint density at radius 1 is 1.38 bits per heavy atom. The van der Waals surface area contributed by atoms with E-state index in [-0.39, 0.29) is 18.1 Å². The molecule has 1 rings (SSSR count). The van der Waals surface area contributed by atoms with Crippen LogP contribution in [0.15, 0.2) is 23.1 Å². The smallest absolute Gasteiger partial charge is 0.241 e. The molecule has 0 aliphatic heterocycles. The number of aryl methyl sites for hydroxylation is 1. The largest absolute Gasteiger partial charge is 0.384 e. The highest BCUT2D eigenvalue weighted by molar-refractivity contribution is 7.89. The van der Waals surface area contributed by atoms with Gasteiger partial charge in [0.05, 0.1) is 17.0 Å². The fourth-order valence-corrected chi connectivity index (χ4v) is 3.59. The van der Waals surface area contributed by atoms with E-state index in [1.807, 2.05) is 0 Å². The summed E-state index contributed by atoms with van der Waals surface area (Å²) in [6.07, 6.45) is 0. The van der Waals surface area contributed by atoms with Gasteiger partial charge in [0.1, 0.15) is 6.61 Å². The van der Waals surface area contributed by atoms with Crippen LogP contribution in [0, 0.1) is 18.8 Å². The van der Waals surface area contributed by atoms with Crippen LogP contribution in [0.5, 0.6) is 0 Å². The van der Waals surface area contributed by atoms with Gasteiger partial charge in [0.2, 0.25) is 10.0 Å². The van der Waals surface area contributed by atoms with Crippen molar-refractivity contribution in [2.75, 3.05) is 20.3 Å². The summed E-state index contributed by atoms with van der Waals surface area (Å²) >= 11 is 0. The van der Waals surface area contributed by atoms with Crippen molar-refractivity contribution in [3.8, 4) is 11.8 Å². The second-order valence-electron chi connectivity index (χ2n) is 5.36. The summed E-state index contributed by atoms with van der Waals surface area (Å²) in [4.78, 5) is 0.177. The Kier molecular flexibility index (Phi) is 5.93. The van der Waals surface area contributed by atoms with E-state index >= 15 is 0 Å². The van der Waals surface area contributed by atoms with Crippen LogP contribution in [0.25, 0.3) is 0 Å². The minimum Gasteiger partial charge on any atom is -0.384 e. The van der Waals surface area contributed by atoms with Crippen LogP contribution in [-0.2, 0) is 14.8 Å². The van der Waals surface area contributed by atoms with E-state index < -0.39 is 15.6 Å². The molecule has 6 heteroatoms. The molecule has 0 saturated heterocycles. The molecule has 0 spiro atoms. The Bertz CT molecular complexity index is 654. The average Bonchev–Trinajstić information content (AvgIpc) is 2.36. The van der Waals surface area contributed by atoms with Gasteiger partial charge >= 0.3 is 0 Å². The normalized spacial score (nSPS) is 11.9. The number of sulfonamides is 1. The Labute approximate surface area is 126 Å². The van der Waals surface area contributed by atoms with Gasteiger partial charge in [-0.1, -0.05) is 17.9 Å². The Morgan fingerprint density at radius 3 is 2.62 bits per heavy atom. The third-order valence-electron chi connectivity index (χ3n) is 2.71. The molecule has 0 radical (unpaired) electrons. The number of aliphatic hydroxyl groups is 1. The maximum Gasteiger partial charge on any atom is 0.241 e. The molecule has 21 heavy (non-hydrogen) atoms. The van der Waals surface area contributed by atoms with E-state index in [0.29, 0.717) is 11.1 Å². The molecule has 1 aromatic rings. The zero-order chi connectivity index (χ0) is 16.1. The summed E-state index contributed by atoms with van der Waals surface area (Å²) in [5, 5.41) is 8.71. The first-order chi connectivity index (χ1) is 9.72. The second kappa shape index (κ2) is 7.05. The number of benzene rings is 1. The molecule has 0 aromatic heterocycles. The lowest BCUT2D eigenvalue weighted by atomic mass is 10.1. The van der Waals surface area contributed by atoms with Gasteiger partial charge in [0.15, 0.2) is 0 Å². The van der Waals surface area contributed by atoms with E-state index in [4.69, 9.17) is 9.84 Å². The Morgan fingerprint density at radius 2 is 2.05 bits per heavy atom. The first kappa shape index (κ1) is 17.7. The lowest BCUT2D eigenvalue weighted by molar-refractivity contribution is 0.141. The van der Waals surface area contributed by atoms with E-state index in [2.05, 4.69) is 16.6 Å². The van der Waals surface area contributed by atoms with Crippen LogP contribution >= 0.6 is 0 Å². The number of nitrogens with one attached hydrogen (secondary N) is 1. The van der Waals surface area contributed by atoms with Gasteiger partial charge in [-0.25, -0.2) is 13.1 Å². The van der Waals surface area contributed by atoms with Crippen molar-refractivity contribution < 1.29 is 18.3 Å². The summed E-state index contributed by atoms with van der Waals surface area (Å²) in [5.41, 5.74) is 0.456. The van der Waals surface area contributed by atoms with Crippen molar-refractivity contribution in [2.45, 2.75) is 31.2 Å². The molecule has 0 aliphatic carbocycles. The molecule has 0 heterocycles. The zero-order valence-electron chi connectivity index (χ0n) is 12.7. The summed E-state index contributed by atoms with van der Waals surface area (Å²) in [6, 6.07) is 4.92. The SMILES string of the molecule is COCC(C)(C)NS(=O)(=O)c1cc(C#CCO)ccc1C. The number of hydrogen-bond acceptors (Lipinski definition) is 4. The van der Waals surface area contributed by atoms with Gasteiger partial charge < -0.3 is 9.84 Å². The Balaban J connectivity index is 3.19. The first-order valence-electron chi connectivity index (χ1n) is 6.45. The molecule has 5 nitrogen and oxygen atoms in total. The highest BCUT2D eigenvalue weighted by Crippen LogP contribution is 2.19. The number of hydrogen-bond donors (Lipinski definition) is 2. The number of ether oxygens (including phenoxy) is 1. The van der Waals surface area contributed by atoms with Crippen molar-refractivity contribution in [2.24, 2.45) is 0 Å². The summed E-state index contributed by atoms with van der Waals surface area (Å²) < 4.78 is 32.7.